The van der Waals surface area contributed by atoms with Crippen LogP contribution in [0.3, 0.4) is 0 Å². The first kappa shape index (κ1) is 55.1. The number of aliphatic carboxylic acids is 2. The first-order valence-corrected chi connectivity index (χ1v) is 26.3. The predicted molar refractivity (Wildman–Crippen MR) is 284 cm³/mol. The molecule has 79 heavy (non-hydrogen) atoms. The molecule has 0 aliphatic heterocycles. The normalized spacial score (nSPS) is 16.1. The first-order valence-electron chi connectivity index (χ1n) is 21.9. The van der Waals surface area contributed by atoms with Crippen LogP contribution in [-0.4, -0.2) is 118 Å². The molecule has 0 unspecified atom stereocenters. The van der Waals surface area contributed by atoms with Crippen LogP contribution in [0.4, 0.5) is 52.0 Å². The second-order valence-electron chi connectivity index (χ2n) is 16.3. The van der Waals surface area contributed by atoms with Crippen LogP contribution in [0, 0.1) is 6.92 Å². The van der Waals surface area contributed by atoms with Gasteiger partial charge in [0.1, 0.15) is 26.7 Å². The molecule has 0 atom stereocenters. The molecule has 11 N–H and O–H groups in total. The number of hydrogen-bond acceptors (Lipinski definition) is 24. The minimum Gasteiger partial charge on any atom is -0.494 e. The fourth-order valence-corrected chi connectivity index (χ4v) is 9.07. The second-order valence-corrected chi connectivity index (χ2v) is 20.5. The Morgan fingerprint density at radius 2 is 1.13 bits per heavy atom. The van der Waals surface area contributed by atoms with Gasteiger partial charge in [0.25, 0.3) is 30.4 Å². The van der Waals surface area contributed by atoms with Gasteiger partial charge >= 0.3 is 11.9 Å². The van der Waals surface area contributed by atoms with Crippen LogP contribution in [0.25, 0.3) is 6.08 Å². The number of carboxylic acid groups (broad SMARTS) is 2. The van der Waals surface area contributed by atoms with E-state index in [-0.39, 0.29) is 46.2 Å². The average molecular weight is 1140 g/mol. The molecule has 8 rings (SSSR count). The number of hydrogen-bond donors (Lipinski definition) is 11. The molecule has 3 aliphatic carbocycles. The van der Waals surface area contributed by atoms with Gasteiger partial charge < -0.3 is 30.9 Å². The van der Waals surface area contributed by atoms with E-state index in [0.717, 1.165) is 36.4 Å². The molecule has 1 heterocycles. The van der Waals surface area contributed by atoms with Crippen molar-refractivity contribution in [2.75, 3.05) is 39.3 Å². The molecule has 0 saturated heterocycles. The molecule has 0 amide bonds. The molecule has 0 bridgehead atoms. The summed E-state index contributed by atoms with van der Waals surface area (Å²) in [5.41, 5.74) is 5.39. The quantitative estimate of drug-likeness (QED) is 0.0247. The lowest BCUT2D eigenvalue weighted by molar-refractivity contribution is -0.135. The maximum Gasteiger partial charge on any atom is 0.339 e. The van der Waals surface area contributed by atoms with E-state index in [1.54, 1.807) is 54.6 Å². The van der Waals surface area contributed by atoms with E-state index in [9.17, 15) is 73.1 Å². The highest BCUT2D eigenvalue weighted by molar-refractivity contribution is 7.91. The van der Waals surface area contributed by atoms with Crippen LogP contribution in [-0.2, 0) is 49.5 Å². The summed E-state index contributed by atoms with van der Waals surface area (Å²) in [4.78, 5) is 71.9. The number of aryl methyl sites for hydroxylation is 1. The Kier molecular flexibility index (Phi) is 15.2. The number of para-hydroxylation sites is 1. The molecule has 0 radical (unpaired) electrons. The lowest BCUT2D eigenvalue weighted by Crippen LogP contribution is -2.28. The zero-order chi connectivity index (χ0) is 57.1. The Morgan fingerprint density at radius 1 is 0.557 bits per heavy atom. The Hall–Kier alpha value is -10.1. The topological polar surface area (TPSA) is 446 Å². The number of carboxylic acids is 2. The number of anilines is 9. The number of benzene rings is 4. The van der Waals surface area contributed by atoms with Crippen molar-refractivity contribution in [3.05, 3.63) is 147 Å². The van der Waals surface area contributed by atoms with Crippen molar-refractivity contribution < 1.29 is 77.8 Å². The minimum absolute atomic E-state index is 0.0587. The Balaban J connectivity index is 1.13. The van der Waals surface area contributed by atoms with Crippen molar-refractivity contribution in [1.29, 1.82) is 0 Å². The van der Waals surface area contributed by atoms with Crippen molar-refractivity contribution in [3.8, 4) is 5.75 Å². The SMILES string of the molecule is COc1cc(N/N=C2\C=C(C(=O)O)C(=O)C(S(=O)(=O)O)=C2)c(C)cc1N/N=C1/C(=O)c2c(cc(S(=O)(=O)O)cc2Nc2nc(Nc3ccccc3)nc(Nc3ccc(N/N=C4/C=CC(=O)C(C(=O)O)=C4)cc3)n2)C=C1S(=O)(=O)O. The molecular formula is C47H36N12O17S3. The standard InChI is InChI=1S/C47H36N12O17S3/c1-22-14-33(36(76-2)21-32(22)57-56-28-18-31(44(65)66)41(61)38(19-28)79(73,74)75)58-59-40-37(78(70,71)72)16-23-15-29(77(67,68)69)20-34(39(23)42(40)62)50-47-52-45(48-24-6-4-3-5-7-24)51-46(53-47)49-25-8-10-26(11-9-25)54-55-27-12-13-35(60)30(17-27)43(63)64/h3-21,54,57-58H,1-2H3,(H,63,64)(H,65,66)(H,67,68,69)(H,70,71,72)(H,73,74,75)(H3,48,49,50,51,52,53)/b55-27-,56-28+,59-40+. The molecule has 32 heteroatoms. The fraction of sp³-hybridized carbons (Fsp3) is 0.0426. The van der Waals surface area contributed by atoms with E-state index in [1.807, 2.05) is 0 Å². The highest BCUT2D eigenvalue weighted by Gasteiger charge is 2.37. The minimum atomic E-state index is -5.37. The largest absolute Gasteiger partial charge is 0.494 e. The zero-order valence-corrected chi connectivity index (χ0v) is 42.5. The predicted octanol–water partition coefficient (Wildman–Crippen LogP) is 4.61. The van der Waals surface area contributed by atoms with Gasteiger partial charge in [0.15, 0.2) is 11.5 Å². The van der Waals surface area contributed by atoms with Crippen LogP contribution < -0.4 is 37.0 Å². The third-order valence-electron chi connectivity index (χ3n) is 10.9. The van der Waals surface area contributed by atoms with E-state index < -0.39 is 114 Å². The van der Waals surface area contributed by atoms with Gasteiger partial charge in [-0.2, -0.15) is 55.5 Å². The van der Waals surface area contributed by atoms with E-state index in [1.165, 1.54) is 32.2 Å². The van der Waals surface area contributed by atoms with E-state index in [4.69, 9.17) is 4.74 Å². The van der Waals surface area contributed by atoms with Crippen molar-refractivity contribution in [2.45, 2.75) is 11.8 Å². The molecule has 29 nitrogen and oxygen atoms in total. The summed E-state index contributed by atoms with van der Waals surface area (Å²) in [6.45, 7) is 1.49. The summed E-state index contributed by atoms with van der Waals surface area (Å²) in [5.74, 6) is -7.37. The summed E-state index contributed by atoms with van der Waals surface area (Å²) in [6, 6.07) is 19.0. The number of ether oxygens (including phenoxy) is 1. The number of aromatic nitrogens is 3. The smallest absolute Gasteiger partial charge is 0.339 e. The Labute approximate surface area is 444 Å². The Morgan fingerprint density at radius 3 is 1.72 bits per heavy atom. The number of carbonyl (C=O) groups is 5. The van der Waals surface area contributed by atoms with Gasteiger partial charge in [-0.1, -0.05) is 18.2 Å². The summed E-state index contributed by atoms with van der Waals surface area (Å²) in [6.07, 6.45) is 5.59. The number of hydrazone groups is 3. The highest BCUT2D eigenvalue weighted by Crippen LogP contribution is 2.37. The summed E-state index contributed by atoms with van der Waals surface area (Å²) in [5, 5.41) is 39.5. The number of rotatable bonds is 18. The molecule has 0 saturated carbocycles. The van der Waals surface area contributed by atoms with Crippen molar-refractivity contribution in [3.63, 3.8) is 0 Å². The lowest BCUT2D eigenvalue weighted by Gasteiger charge is -2.21. The average Bonchev–Trinajstić information content (AvgIpc) is 3.43. The van der Waals surface area contributed by atoms with E-state index >= 15 is 0 Å². The molecule has 5 aromatic rings. The van der Waals surface area contributed by atoms with Gasteiger partial charge in [0.2, 0.25) is 29.4 Å². The van der Waals surface area contributed by atoms with Crippen molar-refractivity contribution in [1.82, 2.24) is 15.0 Å². The molecule has 4 aromatic carbocycles. The molecule has 404 valence electrons. The highest BCUT2D eigenvalue weighted by atomic mass is 32.2. The fourth-order valence-electron chi connectivity index (χ4n) is 7.26. The molecule has 3 aliphatic rings. The van der Waals surface area contributed by atoms with Crippen LogP contribution in [0.1, 0.15) is 21.5 Å². The van der Waals surface area contributed by atoms with E-state index in [2.05, 4.69) is 62.5 Å². The monoisotopic (exact) mass is 1140 g/mol. The van der Waals surface area contributed by atoms with Crippen LogP contribution >= 0.6 is 0 Å². The summed E-state index contributed by atoms with van der Waals surface area (Å²) < 4.78 is 110. The number of carbonyl (C=O) groups excluding carboxylic acids is 3. The third kappa shape index (κ3) is 12.8. The second kappa shape index (κ2) is 21.9. The van der Waals surface area contributed by atoms with Gasteiger partial charge in [-0.3, -0.25) is 44.3 Å². The van der Waals surface area contributed by atoms with Crippen molar-refractivity contribution in [2.24, 2.45) is 15.3 Å². The number of methoxy groups -OCH3 is 1. The number of allylic oxidation sites excluding steroid dienone is 7. The molecule has 0 spiro atoms. The van der Waals surface area contributed by atoms with Crippen LogP contribution in [0.2, 0.25) is 0 Å². The third-order valence-corrected chi connectivity index (χ3v) is 13.5. The van der Waals surface area contributed by atoms with Gasteiger partial charge in [-0.25, -0.2) is 9.59 Å². The lowest BCUT2D eigenvalue weighted by atomic mass is 9.93. The van der Waals surface area contributed by atoms with Gasteiger partial charge in [-0.15, -0.1) is 0 Å². The van der Waals surface area contributed by atoms with Crippen LogP contribution in [0.15, 0.2) is 150 Å². The molecule has 1 aromatic heterocycles. The maximum absolute atomic E-state index is 14.6. The summed E-state index contributed by atoms with van der Waals surface area (Å²) >= 11 is 0. The van der Waals surface area contributed by atoms with Crippen LogP contribution in [0.5, 0.6) is 5.75 Å². The number of ketones is 3. The number of nitrogens with zero attached hydrogens (tertiary/aromatic N) is 6. The van der Waals surface area contributed by atoms with Gasteiger partial charge in [-0.05, 0) is 109 Å². The maximum atomic E-state index is 14.6. The first-order chi connectivity index (χ1) is 37.2. The number of fused-ring (bicyclic) bond motifs is 1. The van der Waals surface area contributed by atoms with Gasteiger partial charge in [0, 0.05) is 17.4 Å². The van der Waals surface area contributed by atoms with E-state index in [0.29, 0.717) is 23.1 Å². The number of Topliss-reactive ketones (excluding diaryl/α,β-unsaturated/α-hetero) is 2. The zero-order valence-electron chi connectivity index (χ0n) is 40.0. The molecular weight excluding hydrogens is 1100 g/mol. The Bertz CT molecular complexity index is 4100. The molecule has 0 fully saturated rings. The summed E-state index contributed by atoms with van der Waals surface area (Å²) in [7, 11) is -14.5. The van der Waals surface area contributed by atoms with Gasteiger partial charge in [0.05, 0.1) is 51.7 Å². The van der Waals surface area contributed by atoms with Crippen molar-refractivity contribution >= 4 is 135 Å². The number of nitrogens with one attached hydrogen (secondary N) is 6.